The molecule has 6 heteroatoms. The molecule has 0 heterocycles. The number of hydrogen-bond donors (Lipinski definition) is 1. The molecule has 1 aromatic rings. The Morgan fingerprint density at radius 1 is 1.28 bits per heavy atom. The van der Waals surface area contributed by atoms with Gasteiger partial charge in [0, 0.05) is 16.6 Å². The number of benzene rings is 1. The first-order valence-electron chi connectivity index (χ1n) is 8.68. The first-order valence-corrected chi connectivity index (χ1v) is 9.06. The van der Waals surface area contributed by atoms with Crippen LogP contribution in [-0.4, -0.2) is 31.6 Å². The monoisotopic (exact) mass is 367 g/mol. The van der Waals surface area contributed by atoms with E-state index in [1.165, 1.54) is 13.5 Å². The van der Waals surface area contributed by atoms with E-state index in [9.17, 15) is 9.59 Å². The zero-order valence-corrected chi connectivity index (χ0v) is 15.8. The quantitative estimate of drug-likeness (QED) is 0.783. The van der Waals surface area contributed by atoms with Crippen LogP contribution in [0.4, 0.5) is 0 Å². The summed E-state index contributed by atoms with van der Waals surface area (Å²) in [7, 11) is 1.53. The highest BCUT2D eigenvalue weighted by Crippen LogP contribution is 2.29. The molecule has 138 valence electrons. The van der Waals surface area contributed by atoms with Crippen molar-refractivity contribution in [1.82, 2.24) is 5.32 Å². The van der Waals surface area contributed by atoms with Gasteiger partial charge >= 0.3 is 5.97 Å². The Balaban J connectivity index is 1.81. The SMILES string of the molecule is COc1ccc(Cl)cc1CC(=O)OCC(=O)N[C@@H]1CCC[C@@H](C)[C@@H]1C. The van der Waals surface area contributed by atoms with Gasteiger partial charge in [-0.25, -0.2) is 0 Å². The third-order valence-corrected chi connectivity index (χ3v) is 5.23. The maximum absolute atomic E-state index is 12.1. The van der Waals surface area contributed by atoms with E-state index in [1.807, 2.05) is 0 Å². The second-order valence-corrected chi connectivity index (χ2v) is 7.17. The van der Waals surface area contributed by atoms with Crippen molar-refractivity contribution in [3.63, 3.8) is 0 Å². The fraction of sp³-hybridized carbons (Fsp3) is 0.579. The van der Waals surface area contributed by atoms with Crippen LogP contribution in [0.3, 0.4) is 0 Å². The Morgan fingerprint density at radius 2 is 2.04 bits per heavy atom. The van der Waals surface area contributed by atoms with Gasteiger partial charge in [0.2, 0.25) is 0 Å². The van der Waals surface area contributed by atoms with Crippen molar-refractivity contribution >= 4 is 23.5 Å². The number of halogens is 1. The van der Waals surface area contributed by atoms with E-state index >= 15 is 0 Å². The van der Waals surface area contributed by atoms with E-state index in [1.54, 1.807) is 18.2 Å². The van der Waals surface area contributed by atoms with Crippen LogP contribution in [0.5, 0.6) is 5.75 Å². The lowest BCUT2D eigenvalue weighted by Crippen LogP contribution is -2.45. The normalized spacial score (nSPS) is 23.0. The Bertz CT molecular complexity index is 619. The number of carbonyl (C=O) groups is 2. The van der Waals surface area contributed by atoms with Crippen LogP contribution in [0.1, 0.15) is 38.7 Å². The summed E-state index contributed by atoms with van der Waals surface area (Å²) in [5.41, 5.74) is 0.634. The Labute approximate surface area is 154 Å². The highest BCUT2D eigenvalue weighted by molar-refractivity contribution is 6.30. The molecule has 2 rings (SSSR count). The highest BCUT2D eigenvalue weighted by Gasteiger charge is 2.28. The Morgan fingerprint density at radius 3 is 2.76 bits per heavy atom. The van der Waals surface area contributed by atoms with E-state index in [0.717, 1.165) is 12.8 Å². The largest absolute Gasteiger partial charge is 0.496 e. The maximum Gasteiger partial charge on any atom is 0.310 e. The van der Waals surface area contributed by atoms with Crippen molar-refractivity contribution in [2.45, 2.75) is 45.6 Å². The van der Waals surface area contributed by atoms with Crippen molar-refractivity contribution in [1.29, 1.82) is 0 Å². The van der Waals surface area contributed by atoms with E-state index in [-0.39, 0.29) is 25.0 Å². The number of amides is 1. The van der Waals surface area contributed by atoms with Crippen LogP contribution in [0.2, 0.25) is 5.02 Å². The highest BCUT2D eigenvalue weighted by atomic mass is 35.5. The van der Waals surface area contributed by atoms with E-state index in [2.05, 4.69) is 19.2 Å². The third kappa shape index (κ3) is 5.63. The molecular formula is C19H26ClNO4. The summed E-state index contributed by atoms with van der Waals surface area (Å²) >= 11 is 5.95. The van der Waals surface area contributed by atoms with Crippen molar-refractivity contribution in [2.75, 3.05) is 13.7 Å². The molecule has 1 fully saturated rings. The summed E-state index contributed by atoms with van der Waals surface area (Å²) in [5.74, 6) is 0.856. The summed E-state index contributed by atoms with van der Waals surface area (Å²) in [6.45, 7) is 4.10. The third-order valence-electron chi connectivity index (χ3n) is 4.99. The first-order chi connectivity index (χ1) is 11.9. The molecule has 3 atom stereocenters. The Hall–Kier alpha value is -1.75. The number of hydrogen-bond acceptors (Lipinski definition) is 4. The second kappa shape index (κ2) is 9.09. The van der Waals surface area contributed by atoms with Crippen LogP contribution in [0, 0.1) is 11.8 Å². The minimum atomic E-state index is -0.485. The number of esters is 1. The standard InChI is InChI=1S/C19H26ClNO4/c1-12-5-4-6-16(13(12)2)21-18(22)11-25-19(23)10-14-9-15(20)7-8-17(14)24-3/h7-9,12-13,16H,4-6,10-11H2,1-3H3,(H,21,22)/t12-,13+,16-/m1/s1. The lowest BCUT2D eigenvalue weighted by Gasteiger charge is -2.34. The molecule has 0 unspecified atom stereocenters. The van der Waals surface area contributed by atoms with Gasteiger partial charge < -0.3 is 14.8 Å². The van der Waals surface area contributed by atoms with Crippen LogP contribution >= 0.6 is 11.6 Å². The maximum atomic E-state index is 12.1. The van der Waals surface area contributed by atoms with Crippen molar-refractivity contribution in [3.8, 4) is 5.75 Å². The van der Waals surface area contributed by atoms with Crippen molar-refractivity contribution < 1.29 is 19.1 Å². The van der Waals surface area contributed by atoms with Crippen molar-refractivity contribution in [2.24, 2.45) is 11.8 Å². The van der Waals surface area contributed by atoms with Gasteiger partial charge in [0.05, 0.1) is 13.5 Å². The molecule has 1 saturated carbocycles. The van der Waals surface area contributed by atoms with Crippen LogP contribution in [-0.2, 0) is 20.7 Å². The molecule has 0 bridgehead atoms. The van der Waals surface area contributed by atoms with E-state index in [4.69, 9.17) is 21.1 Å². The van der Waals surface area contributed by atoms with Gasteiger partial charge in [0.1, 0.15) is 5.75 Å². The molecule has 0 aliphatic heterocycles. The van der Waals surface area contributed by atoms with Crippen molar-refractivity contribution in [3.05, 3.63) is 28.8 Å². The lowest BCUT2D eigenvalue weighted by atomic mass is 9.78. The summed E-state index contributed by atoms with van der Waals surface area (Å²) < 4.78 is 10.3. The molecule has 1 N–H and O–H groups in total. The summed E-state index contributed by atoms with van der Waals surface area (Å²) in [5, 5.41) is 3.50. The van der Waals surface area contributed by atoms with E-state index < -0.39 is 5.97 Å². The van der Waals surface area contributed by atoms with Gasteiger partial charge in [0.25, 0.3) is 5.91 Å². The van der Waals surface area contributed by atoms with Gasteiger partial charge in [-0.15, -0.1) is 0 Å². The molecule has 1 aliphatic rings. The molecule has 0 spiro atoms. The fourth-order valence-electron chi connectivity index (χ4n) is 3.27. The van der Waals surface area contributed by atoms with Crippen LogP contribution in [0.15, 0.2) is 18.2 Å². The fourth-order valence-corrected chi connectivity index (χ4v) is 3.47. The zero-order valence-electron chi connectivity index (χ0n) is 15.0. The van der Waals surface area contributed by atoms with E-state index in [0.29, 0.717) is 28.2 Å². The van der Waals surface area contributed by atoms with Gasteiger partial charge in [0.15, 0.2) is 6.61 Å². The number of methoxy groups -OCH3 is 1. The summed E-state index contributed by atoms with van der Waals surface area (Å²) in [4.78, 5) is 24.1. The molecule has 5 nitrogen and oxygen atoms in total. The number of ether oxygens (including phenoxy) is 2. The minimum Gasteiger partial charge on any atom is -0.496 e. The lowest BCUT2D eigenvalue weighted by molar-refractivity contribution is -0.148. The molecule has 1 aliphatic carbocycles. The molecular weight excluding hydrogens is 342 g/mol. The summed E-state index contributed by atoms with van der Waals surface area (Å²) in [6, 6.07) is 5.20. The molecule has 1 amide bonds. The summed E-state index contributed by atoms with van der Waals surface area (Å²) in [6.07, 6.45) is 3.30. The average molecular weight is 368 g/mol. The predicted octanol–water partition coefficient (Wildman–Crippen LogP) is 3.38. The van der Waals surface area contributed by atoms with Gasteiger partial charge in [-0.1, -0.05) is 38.3 Å². The number of rotatable bonds is 6. The minimum absolute atomic E-state index is 0.00782. The molecule has 0 radical (unpaired) electrons. The predicted molar refractivity (Wildman–Crippen MR) is 96.8 cm³/mol. The smallest absolute Gasteiger partial charge is 0.310 e. The second-order valence-electron chi connectivity index (χ2n) is 6.73. The molecule has 0 aromatic heterocycles. The number of carbonyl (C=O) groups excluding carboxylic acids is 2. The van der Waals surface area contributed by atoms with Gasteiger partial charge in [-0.3, -0.25) is 9.59 Å². The van der Waals surface area contributed by atoms with Crippen LogP contribution in [0.25, 0.3) is 0 Å². The van der Waals surface area contributed by atoms with Gasteiger partial charge in [-0.2, -0.15) is 0 Å². The first kappa shape index (κ1) is 19.6. The Kier molecular flexibility index (Phi) is 7.12. The average Bonchev–Trinajstić information content (AvgIpc) is 2.57. The topological polar surface area (TPSA) is 64.6 Å². The van der Waals surface area contributed by atoms with Crippen LogP contribution < -0.4 is 10.1 Å². The molecule has 0 saturated heterocycles. The number of nitrogens with one attached hydrogen (secondary N) is 1. The molecule has 1 aromatic carbocycles. The molecule has 25 heavy (non-hydrogen) atoms. The zero-order chi connectivity index (χ0) is 18.4. The van der Waals surface area contributed by atoms with Gasteiger partial charge in [-0.05, 0) is 36.5 Å².